The number of sulfonamides is 1. The number of amides is 1. The quantitative estimate of drug-likeness (QED) is 0.565. The number of nitrogens with zero attached hydrogens (tertiary/aromatic N) is 1. The summed E-state index contributed by atoms with van der Waals surface area (Å²) < 4.78 is 42.6. The van der Waals surface area contributed by atoms with Gasteiger partial charge >= 0.3 is 0 Å². The van der Waals surface area contributed by atoms with Gasteiger partial charge in [-0.2, -0.15) is 4.31 Å². The van der Waals surface area contributed by atoms with Crippen LogP contribution in [0.3, 0.4) is 0 Å². The number of ether oxygens (including phenoxy) is 3. The number of carbonyl (C=O) groups is 1. The topological polar surface area (TPSA) is 114 Å². The number of benzene rings is 2. The van der Waals surface area contributed by atoms with Crippen LogP contribution in [0.15, 0.2) is 47.4 Å². The van der Waals surface area contributed by atoms with Crippen molar-refractivity contribution in [1.82, 2.24) is 9.62 Å². The molecule has 1 amide bonds. The van der Waals surface area contributed by atoms with E-state index in [-0.39, 0.29) is 30.4 Å². The molecule has 1 aliphatic heterocycles. The molecular formula is C21H26N2O7S. The number of aliphatic hydroxyl groups excluding tert-OH is 1. The van der Waals surface area contributed by atoms with Gasteiger partial charge in [0.25, 0.3) is 5.91 Å². The van der Waals surface area contributed by atoms with Gasteiger partial charge in [-0.1, -0.05) is 19.9 Å². The minimum Gasteiger partial charge on any atom is -0.491 e. The molecule has 1 atom stereocenters. The Morgan fingerprint density at radius 2 is 1.90 bits per heavy atom. The lowest BCUT2D eigenvalue weighted by atomic mass is 10.2. The molecule has 2 aromatic rings. The van der Waals surface area contributed by atoms with E-state index in [1.54, 1.807) is 32.0 Å². The van der Waals surface area contributed by atoms with Gasteiger partial charge in [0.05, 0.1) is 4.90 Å². The highest BCUT2D eigenvalue weighted by Crippen LogP contribution is 2.35. The Kier molecular flexibility index (Phi) is 7.37. The van der Waals surface area contributed by atoms with Crippen LogP contribution in [0.2, 0.25) is 0 Å². The lowest BCUT2D eigenvalue weighted by Gasteiger charge is -2.19. The molecule has 9 nitrogen and oxygen atoms in total. The largest absolute Gasteiger partial charge is 0.491 e. The maximum Gasteiger partial charge on any atom is 0.251 e. The van der Waals surface area contributed by atoms with Crippen molar-refractivity contribution in [2.24, 2.45) is 0 Å². The lowest BCUT2D eigenvalue weighted by Crippen LogP contribution is -2.35. The van der Waals surface area contributed by atoms with Crippen LogP contribution in [0.1, 0.15) is 24.2 Å². The van der Waals surface area contributed by atoms with Crippen LogP contribution in [-0.2, 0) is 10.0 Å². The number of rotatable bonds is 10. The number of aliphatic hydroxyl groups is 1. The average molecular weight is 451 g/mol. The summed E-state index contributed by atoms with van der Waals surface area (Å²) in [7, 11) is -3.67. The summed E-state index contributed by atoms with van der Waals surface area (Å²) in [4.78, 5) is 12.5. The van der Waals surface area contributed by atoms with Crippen molar-refractivity contribution in [3.63, 3.8) is 0 Å². The van der Waals surface area contributed by atoms with Crippen LogP contribution < -0.4 is 19.5 Å². The first kappa shape index (κ1) is 22.9. The Morgan fingerprint density at radius 1 is 1.16 bits per heavy atom. The number of hydrogen-bond donors (Lipinski definition) is 2. The molecule has 0 saturated carbocycles. The molecular weight excluding hydrogens is 424 g/mol. The maximum atomic E-state index is 12.6. The van der Waals surface area contributed by atoms with Gasteiger partial charge in [0.1, 0.15) is 18.5 Å². The molecule has 0 radical (unpaired) electrons. The number of nitrogens with one attached hydrogen (secondary N) is 1. The predicted octanol–water partition coefficient (Wildman–Crippen LogP) is 1.62. The minimum absolute atomic E-state index is 0.0453. The fourth-order valence-corrected chi connectivity index (χ4v) is 4.55. The van der Waals surface area contributed by atoms with E-state index >= 15 is 0 Å². The fraction of sp³-hybridized carbons (Fsp3) is 0.381. The highest BCUT2D eigenvalue weighted by molar-refractivity contribution is 7.89. The molecule has 2 N–H and O–H groups in total. The van der Waals surface area contributed by atoms with Crippen molar-refractivity contribution in [3.8, 4) is 17.2 Å². The van der Waals surface area contributed by atoms with Crippen molar-refractivity contribution < 1.29 is 32.5 Å². The highest BCUT2D eigenvalue weighted by atomic mass is 32.2. The molecule has 1 aliphatic rings. The second-order valence-electron chi connectivity index (χ2n) is 6.81. The Bertz CT molecular complexity index is 1020. The van der Waals surface area contributed by atoms with E-state index in [1.807, 2.05) is 0 Å². The van der Waals surface area contributed by atoms with E-state index in [1.165, 1.54) is 28.6 Å². The van der Waals surface area contributed by atoms with Crippen molar-refractivity contribution in [2.75, 3.05) is 33.0 Å². The molecule has 10 heteroatoms. The summed E-state index contributed by atoms with van der Waals surface area (Å²) in [6, 6.07) is 10.9. The van der Waals surface area contributed by atoms with E-state index in [9.17, 15) is 18.3 Å². The summed E-state index contributed by atoms with van der Waals surface area (Å²) in [6.45, 7) is 4.24. The van der Waals surface area contributed by atoms with Gasteiger partial charge < -0.3 is 24.6 Å². The summed E-state index contributed by atoms with van der Waals surface area (Å²) in [5.41, 5.74) is 0.192. The third-order valence-electron chi connectivity index (χ3n) is 4.72. The van der Waals surface area contributed by atoms with E-state index in [2.05, 4.69) is 5.32 Å². The first-order valence-corrected chi connectivity index (χ1v) is 11.4. The molecule has 1 heterocycles. The van der Waals surface area contributed by atoms with Crippen molar-refractivity contribution in [3.05, 3.63) is 48.0 Å². The Labute approximate surface area is 181 Å². The highest BCUT2D eigenvalue weighted by Gasteiger charge is 2.22. The van der Waals surface area contributed by atoms with Crippen molar-refractivity contribution >= 4 is 15.9 Å². The molecule has 31 heavy (non-hydrogen) atoms. The molecule has 2 aromatic carbocycles. The van der Waals surface area contributed by atoms with Crippen LogP contribution in [0.4, 0.5) is 0 Å². The monoisotopic (exact) mass is 450 g/mol. The van der Waals surface area contributed by atoms with E-state index in [0.29, 0.717) is 30.3 Å². The normalized spacial score (nSPS) is 13.8. The summed E-state index contributed by atoms with van der Waals surface area (Å²) in [5.74, 6) is 1.22. The van der Waals surface area contributed by atoms with Gasteiger partial charge in [-0.25, -0.2) is 8.42 Å². The van der Waals surface area contributed by atoms with Crippen LogP contribution >= 0.6 is 0 Å². The summed E-state index contributed by atoms with van der Waals surface area (Å²) >= 11 is 0. The van der Waals surface area contributed by atoms with Gasteiger partial charge in [0.2, 0.25) is 16.8 Å². The van der Waals surface area contributed by atoms with E-state index in [0.717, 1.165) is 0 Å². The maximum absolute atomic E-state index is 12.6. The van der Waals surface area contributed by atoms with Crippen LogP contribution in [0.25, 0.3) is 0 Å². The van der Waals surface area contributed by atoms with Gasteiger partial charge in [-0.15, -0.1) is 0 Å². The van der Waals surface area contributed by atoms with Gasteiger partial charge in [-0.3, -0.25) is 4.79 Å². The number of hydrogen-bond acceptors (Lipinski definition) is 7. The SMILES string of the molecule is CCN(CC)S(=O)(=O)c1cccc(C(=O)NCC(O)COc2ccc3c(c2)OCO3)c1. The fourth-order valence-electron chi connectivity index (χ4n) is 3.04. The smallest absolute Gasteiger partial charge is 0.251 e. The third kappa shape index (κ3) is 5.46. The van der Waals surface area contributed by atoms with Gasteiger partial charge in [0.15, 0.2) is 11.5 Å². The molecule has 0 spiro atoms. The molecule has 0 fully saturated rings. The first-order valence-electron chi connectivity index (χ1n) is 9.94. The van der Waals surface area contributed by atoms with E-state index in [4.69, 9.17) is 14.2 Å². The molecule has 0 bridgehead atoms. The first-order chi connectivity index (χ1) is 14.8. The second-order valence-corrected chi connectivity index (χ2v) is 8.75. The molecule has 0 aliphatic carbocycles. The Morgan fingerprint density at radius 3 is 2.65 bits per heavy atom. The Balaban J connectivity index is 1.54. The van der Waals surface area contributed by atoms with Crippen LogP contribution in [0, 0.1) is 0 Å². The zero-order chi connectivity index (χ0) is 22.4. The van der Waals surface area contributed by atoms with Gasteiger partial charge in [0, 0.05) is 31.3 Å². The molecule has 3 rings (SSSR count). The summed E-state index contributed by atoms with van der Waals surface area (Å²) in [5, 5.41) is 12.7. The number of fused-ring (bicyclic) bond motifs is 1. The molecule has 168 valence electrons. The van der Waals surface area contributed by atoms with Crippen LogP contribution in [0.5, 0.6) is 17.2 Å². The predicted molar refractivity (Wildman–Crippen MR) is 113 cm³/mol. The second kappa shape index (κ2) is 9.99. The zero-order valence-corrected chi connectivity index (χ0v) is 18.2. The summed E-state index contributed by atoms with van der Waals surface area (Å²) in [6.07, 6.45) is -0.961. The Hall–Kier alpha value is -2.82. The van der Waals surface area contributed by atoms with Gasteiger partial charge in [-0.05, 0) is 30.3 Å². The average Bonchev–Trinajstić information content (AvgIpc) is 3.24. The van der Waals surface area contributed by atoms with Crippen molar-refractivity contribution in [1.29, 1.82) is 0 Å². The van der Waals surface area contributed by atoms with Crippen molar-refractivity contribution in [2.45, 2.75) is 24.8 Å². The zero-order valence-electron chi connectivity index (χ0n) is 17.4. The standard InChI is InChI=1S/C21H26N2O7S/c1-3-23(4-2)31(26,27)18-7-5-6-15(10-18)21(25)22-12-16(24)13-28-17-8-9-19-20(11-17)30-14-29-19/h5-11,16,24H,3-4,12-14H2,1-2H3,(H,22,25). The third-order valence-corrected chi connectivity index (χ3v) is 6.77. The lowest BCUT2D eigenvalue weighted by molar-refractivity contribution is 0.0843. The molecule has 1 unspecified atom stereocenters. The minimum atomic E-state index is -3.67. The molecule has 0 aromatic heterocycles. The van der Waals surface area contributed by atoms with Crippen LogP contribution in [-0.4, -0.2) is 62.9 Å². The molecule has 0 saturated heterocycles. The van der Waals surface area contributed by atoms with E-state index < -0.39 is 22.0 Å². The number of carbonyl (C=O) groups excluding carboxylic acids is 1.